The molecule has 0 N–H and O–H groups in total. The highest BCUT2D eigenvalue weighted by Crippen LogP contribution is 2.29. The maximum atomic E-state index is 6.03. The van der Waals surface area contributed by atoms with Crippen molar-refractivity contribution < 1.29 is 0 Å². The van der Waals surface area contributed by atoms with Crippen LogP contribution >= 0.6 is 11.6 Å². The first-order valence-electron chi connectivity index (χ1n) is 5.51. The molecule has 0 spiro atoms. The number of aryl methyl sites for hydroxylation is 2. The molecule has 15 heavy (non-hydrogen) atoms. The molecule has 0 aliphatic carbocycles. The Morgan fingerprint density at radius 3 is 2.67 bits per heavy atom. The molecule has 0 bridgehead atoms. The summed E-state index contributed by atoms with van der Waals surface area (Å²) in [5.41, 5.74) is 0.299. The van der Waals surface area contributed by atoms with Crippen molar-refractivity contribution in [1.29, 1.82) is 0 Å². The standard InChI is InChI=1S/C12H21ClN2/c1-10(13)9-12(2,3)6-5-11-14-7-8-15(11)4/h7-8,10H,5-6,9H2,1-4H3. The van der Waals surface area contributed by atoms with Crippen molar-refractivity contribution in [3.8, 4) is 0 Å². The number of hydrogen-bond acceptors (Lipinski definition) is 1. The minimum atomic E-state index is 0.251. The molecule has 1 unspecified atom stereocenters. The van der Waals surface area contributed by atoms with Crippen molar-refractivity contribution in [2.45, 2.75) is 45.4 Å². The van der Waals surface area contributed by atoms with E-state index in [-0.39, 0.29) is 5.38 Å². The van der Waals surface area contributed by atoms with E-state index in [1.165, 1.54) is 0 Å². The number of nitrogens with zero attached hydrogens (tertiary/aromatic N) is 2. The lowest BCUT2D eigenvalue weighted by molar-refractivity contribution is 0.303. The van der Waals surface area contributed by atoms with Gasteiger partial charge in [0.05, 0.1) is 0 Å². The Hall–Kier alpha value is -0.500. The molecular weight excluding hydrogens is 208 g/mol. The van der Waals surface area contributed by atoms with Crippen molar-refractivity contribution >= 4 is 11.6 Å². The highest BCUT2D eigenvalue weighted by molar-refractivity contribution is 6.20. The van der Waals surface area contributed by atoms with Gasteiger partial charge in [-0.2, -0.15) is 0 Å². The number of halogens is 1. The summed E-state index contributed by atoms with van der Waals surface area (Å²) in [7, 11) is 2.04. The largest absolute Gasteiger partial charge is 0.338 e. The second-order valence-corrected chi connectivity index (χ2v) is 5.85. The van der Waals surface area contributed by atoms with Crippen molar-refractivity contribution in [3.63, 3.8) is 0 Å². The first-order valence-corrected chi connectivity index (χ1v) is 5.95. The Bertz CT molecular complexity index is 302. The fraction of sp³-hybridized carbons (Fsp3) is 0.750. The molecule has 86 valence electrons. The van der Waals surface area contributed by atoms with Gasteiger partial charge in [0, 0.05) is 31.2 Å². The zero-order chi connectivity index (χ0) is 11.5. The van der Waals surface area contributed by atoms with Crippen LogP contribution in [-0.4, -0.2) is 14.9 Å². The third-order valence-electron chi connectivity index (χ3n) is 2.78. The average Bonchev–Trinajstić information content (AvgIpc) is 2.45. The summed E-state index contributed by atoms with van der Waals surface area (Å²) in [6.07, 6.45) is 7.06. The average molecular weight is 229 g/mol. The predicted octanol–water partition coefficient (Wildman–Crippen LogP) is 3.40. The first kappa shape index (κ1) is 12.6. The molecule has 1 aromatic rings. The zero-order valence-electron chi connectivity index (χ0n) is 10.1. The molecule has 1 heterocycles. The Labute approximate surface area is 97.7 Å². The van der Waals surface area contributed by atoms with E-state index in [9.17, 15) is 0 Å². The van der Waals surface area contributed by atoms with Crippen LogP contribution in [0.3, 0.4) is 0 Å². The maximum absolute atomic E-state index is 6.03. The van der Waals surface area contributed by atoms with Crippen molar-refractivity contribution in [2.24, 2.45) is 12.5 Å². The second kappa shape index (κ2) is 5.02. The van der Waals surface area contributed by atoms with E-state index < -0.39 is 0 Å². The Morgan fingerprint density at radius 1 is 1.53 bits per heavy atom. The van der Waals surface area contributed by atoms with Crippen molar-refractivity contribution in [1.82, 2.24) is 9.55 Å². The fourth-order valence-corrected chi connectivity index (χ4v) is 2.37. The van der Waals surface area contributed by atoms with Crippen LogP contribution in [0.1, 0.15) is 39.4 Å². The quantitative estimate of drug-likeness (QED) is 0.707. The molecule has 0 radical (unpaired) electrons. The Kier molecular flexibility index (Phi) is 4.21. The number of hydrogen-bond donors (Lipinski definition) is 0. The summed E-state index contributed by atoms with van der Waals surface area (Å²) in [5.74, 6) is 1.16. The molecule has 3 heteroatoms. The molecule has 0 aromatic carbocycles. The van der Waals surface area contributed by atoms with E-state index in [2.05, 4.69) is 30.3 Å². The molecule has 0 aliphatic rings. The van der Waals surface area contributed by atoms with Gasteiger partial charge in [0.15, 0.2) is 0 Å². The van der Waals surface area contributed by atoms with E-state index in [4.69, 9.17) is 11.6 Å². The molecule has 0 amide bonds. The SMILES string of the molecule is CC(Cl)CC(C)(C)CCc1nccn1C. The lowest BCUT2D eigenvalue weighted by Gasteiger charge is -2.25. The molecule has 1 aromatic heterocycles. The first-order chi connectivity index (χ1) is 6.91. The summed E-state index contributed by atoms with van der Waals surface area (Å²) >= 11 is 6.03. The molecule has 1 atom stereocenters. The third-order valence-corrected chi connectivity index (χ3v) is 2.93. The lowest BCUT2D eigenvalue weighted by Crippen LogP contribution is -2.17. The Morgan fingerprint density at radius 2 is 2.20 bits per heavy atom. The molecule has 0 fully saturated rings. The Balaban J connectivity index is 2.46. The van der Waals surface area contributed by atoms with Crippen LogP contribution in [0.4, 0.5) is 0 Å². The van der Waals surface area contributed by atoms with Crippen LogP contribution in [0.5, 0.6) is 0 Å². The smallest absolute Gasteiger partial charge is 0.108 e. The van der Waals surface area contributed by atoms with E-state index in [1.54, 1.807) is 0 Å². The van der Waals surface area contributed by atoms with E-state index in [0.29, 0.717) is 5.41 Å². The van der Waals surface area contributed by atoms with Crippen molar-refractivity contribution in [2.75, 3.05) is 0 Å². The van der Waals surface area contributed by atoms with Gasteiger partial charge in [0.1, 0.15) is 5.82 Å². The van der Waals surface area contributed by atoms with Gasteiger partial charge in [-0.25, -0.2) is 4.98 Å². The van der Waals surface area contributed by atoms with E-state index >= 15 is 0 Å². The zero-order valence-corrected chi connectivity index (χ0v) is 10.9. The van der Waals surface area contributed by atoms with Crippen LogP contribution in [-0.2, 0) is 13.5 Å². The van der Waals surface area contributed by atoms with Gasteiger partial charge >= 0.3 is 0 Å². The maximum Gasteiger partial charge on any atom is 0.108 e. The second-order valence-electron chi connectivity index (χ2n) is 5.10. The minimum Gasteiger partial charge on any atom is -0.338 e. The van der Waals surface area contributed by atoms with Gasteiger partial charge < -0.3 is 4.57 Å². The number of alkyl halides is 1. The van der Waals surface area contributed by atoms with Gasteiger partial charge in [-0.3, -0.25) is 0 Å². The molecule has 2 nitrogen and oxygen atoms in total. The van der Waals surface area contributed by atoms with Gasteiger partial charge in [-0.05, 0) is 25.2 Å². The van der Waals surface area contributed by atoms with Crippen LogP contribution in [0.2, 0.25) is 0 Å². The normalized spacial score (nSPS) is 14.2. The molecular formula is C12H21ClN2. The minimum absolute atomic E-state index is 0.251. The topological polar surface area (TPSA) is 17.8 Å². The van der Waals surface area contributed by atoms with E-state index in [0.717, 1.165) is 25.1 Å². The summed E-state index contributed by atoms with van der Waals surface area (Å²) in [5, 5.41) is 0.251. The van der Waals surface area contributed by atoms with Crippen LogP contribution in [0.25, 0.3) is 0 Å². The summed E-state index contributed by atoms with van der Waals surface area (Å²) in [6, 6.07) is 0. The van der Waals surface area contributed by atoms with Gasteiger partial charge in [0.2, 0.25) is 0 Å². The number of imidazole rings is 1. The molecule has 0 aliphatic heterocycles. The van der Waals surface area contributed by atoms with Gasteiger partial charge in [-0.1, -0.05) is 13.8 Å². The van der Waals surface area contributed by atoms with Crippen LogP contribution < -0.4 is 0 Å². The van der Waals surface area contributed by atoms with Gasteiger partial charge in [0.25, 0.3) is 0 Å². The summed E-state index contributed by atoms with van der Waals surface area (Å²) in [6.45, 7) is 6.60. The van der Waals surface area contributed by atoms with E-state index in [1.807, 2.05) is 19.4 Å². The third kappa shape index (κ3) is 4.25. The fourth-order valence-electron chi connectivity index (χ4n) is 1.95. The lowest BCUT2D eigenvalue weighted by atomic mass is 9.83. The number of aromatic nitrogens is 2. The van der Waals surface area contributed by atoms with Gasteiger partial charge in [-0.15, -0.1) is 11.6 Å². The highest BCUT2D eigenvalue weighted by Gasteiger charge is 2.20. The highest BCUT2D eigenvalue weighted by atomic mass is 35.5. The predicted molar refractivity (Wildman–Crippen MR) is 65.2 cm³/mol. The summed E-state index contributed by atoms with van der Waals surface area (Å²) < 4.78 is 2.08. The number of rotatable bonds is 5. The van der Waals surface area contributed by atoms with Crippen LogP contribution in [0.15, 0.2) is 12.4 Å². The molecule has 0 saturated heterocycles. The van der Waals surface area contributed by atoms with Crippen molar-refractivity contribution in [3.05, 3.63) is 18.2 Å². The summed E-state index contributed by atoms with van der Waals surface area (Å²) in [4.78, 5) is 4.33. The van der Waals surface area contributed by atoms with Crippen LogP contribution in [0, 0.1) is 5.41 Å². The monoisotopic (exact) mass is 228 g/mol. The molecule has 1 rings (SSSR count). The molecule has 0 saturated carbocycles.